The first-order valence-corrected chi connectivity index (χ1v) is 12.0. The van der Waals surface area contributed by atoms with Crippen molar-refractivity contribution >= 4 is 17.6 Å². The van der Waals surface area contributed by atoms with E-state index in [2.05, 4.69) is 75.7 Å². The van der Waals surface area contributed by atoms with Gasteiger partial charge in [0.1, 0.15) is 36.3 Å². The van der Waals surface area contributed by atoms with Gasteiger partial charge in [-0.1, -0.05) is 6.07 Å². The first-order chi connectivity index (χ1) is 20.0. The summed E-state index contributed by atoms with van der Waals surface area (Å²) < 4.78 is 0. The summed E-state index contributed by atoms with van der Waals surface area (Å²) in [6.07, 6.45) is 24.2. The third-order valence-electron chi connectivity index (χ3n) is 3.05. The van der Waals surface area contributed by atoms with Gasteiger partial charge < -0.3 is 0 Å². The van der Waals surface area contributed by atoms with Crippen LogP contribution in [-0.4, -0.2) is 73.0 Å². The van der Waals surface area contributed by atoms with E-state index >= 15 is 0 Å². The molecule has 40 heavy (non-hydrogen) atoms. The van der Waals surface area contributed by atoms with Gasteiger partial charge >= 0.3 is 0 Å². The van der Waals surface area contributed by atoms with Crippen LogP contribution in [0.25, 0.3) is 0 Å². The van der Waals surface area contributed by atoms with Crippen LogP contribution in [-0.2, 0) is 0 Å². The normalized spacial score (nSPS) is 9.20. The Labute approximate surface area is 234 Å². The lowest BCUT2D eigenvalue weighted by atomic mass is 10.5. The summed E-state index contributed by atoms with van der Waals surface area (Å²) >= 11 is 1.49. The highest BCUT2D eigenvalue weighted by Crippen LogP contribution is 1.81. The van der Waals surface area contributed by atoms with Crippen molar-refractivity contribution in [2.24, 2.45) is 15.4 Å². The van der Waals surface area contributed by atoms with Gasteiger partial charge in [0, 0.05) is 62.0 Å². The van der Waals surface area contributed by atoms with Crippen molar-refractivity contribution in [2.45, 2.75) is 0 Å². The lowest BCUT2D eigenvalue weighted by Gasteiger charge is -1.70. The first kappa shape index (κ1) is 32.3. The van der Waals surface area contributed by atoms with Gasteiger partial charge in [0.05, 0.1) is 12.8 Å². The van der Waals surface area contributed by atoms with Crippen molar-refractivity contribution < 1.29 is 0 Å². The highest BCUT2D eigenvalue weighted by Gasteiger charge is 1.75. The summed E-state index contributed by atoms with van der Waals surface area (Å²) in [5.41, 5.74) is 3.36. The van der Waals surface area contributed by atoms with Crippen LogP contribution in [0.5, 0.6) is 0 Å². The summed E-state index contributed by atoms with van der Waals surface area (Å²) in [7, 11) is 0. The third kappa shape index (κ3) is 26.8. The number of pyridine rings is 1. The Hall–Kier alpha value is -5.77. The Morgan fingerprint density at radius 3 is 1.05 bits per heavy atom. The van der Waals surface area contributed by atoms with Crippen LogP contribution in [0.1, 0.15) is 0 Å². The van der Waals surface area contributed by atoms with Crippen molar-refractivity contribution in [2.75, 3.05) is 6.54 Å². The Morgan fingerprint density at radius 1 is 0.400 bits per heavy atom. The molecule has 0 saturated heterocycles. The van der Waals surface area contributed by atoms with Gasteiger partial charge in [-0.25, -0.2) is 24.9 Å². The summed E-state index contributed by atoms with van der Waals surface area (Å²) in [5, 5.41) is 24.2. The van der Waals surface area contributed by atoms with Crippen LogP contribution in [0.3, 0.4) is 0 Å². The van der Waals surface area contributed by atoms with Gasteiger partial charge in [-0.05, 0) is 35.6 Å². The first-order valence-electron chi connectivity index (χ1n) is 11.1. The predicted molar refractivity (Wildman–Crippen MR) is 148 cm³/mol. The average Bonchev–Trinajstić information content (AvgIpc) is 3.87. The summed E-state index contributed by atoms with van der Waals surface area (Å²) in [4.78, 5) is 29.3. The van der Waals surface area contributed by atoms with Crippen LogP contribution in [0, 0.1) is 0 Å². The molecule has 0 aromatic carbocycles. The van der Waals surface area contributed by atoms with E-state index in [4.69, 9.17) is 0 Å². The van der Waals surface area contributed by atoms with Crippen molar-refractivity contribution in [3.05, 3.63) is 135 Å². The molecular weight excluding hydrogens is 530 g/mol. The molecule has 6 aromatic rings. The number of hydrogen-bond donors (Lipinski definition) is 0. The zero-order valence-corrected chi connectivity index (χ0v) is 21.9. The molecule has 16 heteroatoms. The molecule has 15 nitrogen and oxygen atoms in total. The van der Waals surface area contributed by atoms with E-state index in [-0.39, 0.29) is 0 Å². The standard InChI is InChI=1S/C5H5N.3C4H4N2.C3H3N3.C2H3N3.C2H2N2S/c1-2-4-6-5-3-1;1-2-6-4-3-5-1;1-2-5-4-6-3-1;1-2-4-6-5-3-1;1-4-2-6-3-5-1;1-2-4-5-3-1;1-3-4-2-5-1/h1-5H;3*1-4H;1-3H;1H,2H2;1-2H. The Kier molecular flexibility index (Phi) is 23.8. The summed E-state index contributed by atoms with van der Waals surface area (Å²) in [6.45, 7) is 0.667. The highest BCUT2D eigenvalue weighted by atomic mass is 32.1. The van der Waals surface area contributed by atoms with E-state index in [1.807, 2.05) is 30.3 Å². The summed E-state index contributed by atoms with van der Waals surface area (Å²) in [6, 6.07) is 11.1. The molecule has 0 unspecified atom stereocenters. The number of nitrogens with zero attached hydrogens (tertiary/aromatic N) is 15. The molecule has 0 saturated carbocycles. The van der Waals surface area contributed by atoms with Crippen LogP contribution < -0.4 is 0 Å². The van der Waals surface area contributed by atoms with Crippen molar-refractivity contribution in [1.29, 1.82) is 0 Å². The number of rotatable bonds is 0. The van der Waals surface area contributed by atoms with Gasteiger partial charge in [0.25, 0.3) is 0 Å². The fourth-order valence-electron chi connectivity index (χ4n) is 1.60. The number of aromatic nitrogens is 12. The molecule has 202 valence electrons. The van der Waals surface area contributed by atoms with Crippen LogP contribution in [0.2, 0.25) is 0 Å². The van der Waals surface area contributed by atoms with Gasteiger partial charge in [-0.3, -0.25) is 15.0 Å². The minimum atomic E-state index is 0.667. The zero-order valence-electron chi connectivity index (χ0n) is 21.1. The molecule has 1 aliphatic heterocycles. The highest BCUT2D eigenvalue weighted by molar-refractivity contribution is 7.07. The van der Waals surface area contributed by atoms with Gasteiger partial charge in [-0.15, -0.1) is 26.6 Å². The molecule has 0 radical (unpaired) electrons. The molecule has 0 aliphatic carbocycles. The van der Waals surface area contributed by atoms with Crippen LogP contribution in [0.4, 0.5) is 0 Å². The fraction of sp³-hybridized carbons (Fsp3) is 0.0417. The van der Waals surface area contributed by atoms with E-state index in [1.54, 1.807) is 85.3 Å². The predicted octanol–water partition coefficient (Wildman–Crippen LogP) is 3.36. The molecule has 0 amide bonds. The van der Waals surface area contributed by atoms with Crippen molar-refractivity contribution in [1.82, 2.24) is 60.3 Å². The molecule has 0 fully saturated rings. The smallest absolute Gasteiger partial charge is 0.119 e. The topological polar surface area (TPSA) is 192 Å². The molecule has 0 bridgehead atoms. The molecule has 7 heterocycles. The van der Waals surface area contributed by atoms with Crippen molar-refractivity contribution in [3.63, 3.8) is 0 Å². The Morgan fingerprint density at radius 2 is 0.875 bits per heavy atom. The van der Waals surface area contributed by atoms with Gasteiger partial charge in [0.2, 0.25) is 0 Å². The summed E-state index contributed by atoms with van der Waals surface area (Å²) in [5.74, 6) is 0. The lowest BCUT2D eigenvalue weighted by Crippen LogP contribution is -1.73. The second-order valence-electron chi connectivity index (χ2n) is 5.82. The maximum atomic E-state index is 3.78. The van der Waals surface area contributed by atoms with Crippen LogP contribution >= 0.6 is 11.3 Å². The molecule has 7 rings (SSSR count). The molecule has 1 aliphatic rings. The van der Waals surface area contributed by atoms with Crippen LogP contribution in [0.15, 0.2) is 150 Å². The monoisotopic (exact) mass is 555 g/mol. The van der Waals surface area contributed by atoms with E-state index in [9.17, 15) is 0 Å². The van der Waals surface area contributed by atoms with E-state index < -0.39 is 0 Å². The van der Waals surface area contributed by atoms with Gasteiger partial charge in [-0.2, -0.15) is 15.3 Å². The quantitative estimate of drug-likeness (QED) is 0.266. The zero-order chi connectivity index (χ0) is 28.3. The molecule has 0 atom stereocenters. The van der Waals surface area contributed by atoms with E-state index in [0.29, 0.717) is 6.54 Å². The Bertz CT molecular complexity index is 911. The maximum absolute atomic E-state index is 3.78. The largest absolute Gasteiger partial charge is 0.265 e. The second-order valence-corrected chi connectivity index (χ2v) is 6.51. The minimum Gasteiger partial charge on any atom is -0.265 e. The second kappa shape index (κ2) is 29.5. The van der Waals surface area contributed by atoms with Crippen molar-refractivity contribution in [3.8, 4) is 0 Å². The molecular formula is C24H25N15S. The SMILES string of the molecule is C1=NN=NC1.c1ccncc1.c1ccnnc1.c1cnccn1.c1cncnc1.c1ncncn1.c1nncs1. The fourth-order valence-corrected chi connectivity index (χ4v) is 1.87. The molecule has 6 aromatic heterocycles. The average molecular weight is 556 g/mol. The number of hydrogen-bond acceptors (Lipinski definition) is 16. The van der Waals surface area contributed by atoms with E-state index in [0.717, 1.165) is 0 Å². The van der Waals surface area contributed by atoms with Gasteiger partial charge in [0.15, 0.2) is 0 Å². The maximum Gasteiger partial charge on any atom is 0.119 e. The third-order valence-corrected chi connectivity index (χ3v) is 3.48. The molecule has 0 spiro atoms. The Balaban J connectivity index is 0.000000234. The van der Waals surface area contributed by atoms with E-state index in [1.165, 1.54) is 36.6 Å². The minimum absolute atomic E-state index is 0.667. The molecule has 0 N–H and O–H groups in total. The lowest BCUT2D eigenvalue weighted by molar-refractivity contribution is 1.03.